The normalized spacial score (nSPS) is 11.1. The monoisotopic (exact) mass is 372 g/mol. The Hall–Kier alpha value is -2.17. The second-order valence-electron chi connectivity index (χ2n) is 6.44. The third kappa shape index (κ3) is 3.53. The minimum Gasteiger partial charge on any atom is -0.493 e. The van der Waals surface area contributed by atoms with E-state index in [1.165, 1.54) is 10.9 Å². The standard InChI is InChI=1S/C21H25ClN2O2/c1-13-10-15(22)12-17-16(6-4-5-9-23)21(24-20(13)17)14-7-8-18(25-2)19(11-14)26-3/h7-8,10-12,24H,4-6,9,23H2,1-3H3. The molecule has 4 nitrogen and oxygen atoms in total. The van der Waals surface area contributed by atoms with Crippen molar-refractivity contribution in [3.8, 4) is 22.8 Å². The predicted octanol–water partition coefficient (Wildman–Crippen LogP) is 5.10. The summed E-state index contributed by atoms with van der Waals surface area (Å²) in [5, 5.41) is 1.93. The molecule has 0 saturated heterocycles. The van der Waals surface area contributed by atoms with Gasteiger partial charge in [0.25, 0.3) is 0 Å². The van der Waals surface area contributed by atoms with Gasteiger partial charge in [0.1, 0.15) is 0 Å². The molecule has 0 saturated carbocycles. The predicted molar refractivity (Wildman–Crippen MR) is 109 cm³/mol. The van der Waals surface area contributed by atoms with Crippen LogP contribution in [-0.2, 0) is 6.42 Å². The third-order valence-corrected chi connectivity index (χ3v) is 4.95. The number of nitrogens with one attached hydrogen (secondary N) is 1. The fraction of sp³-hybridized carbons (Fsp3) is 0.333. The minimum absolute atomic E-state index is 0.702. The molecule has 3 N–H and O–H groups in total. The first kappa shape index (κ1) is 18.6. The molecule has 0 aliphatic carbocycles. The van der Waals surface area contributed by atoms with Crippen molar-refractivity contribution in [2.45, 2.75) is 26.2 Å². The first-order valence-corrected chi connectivity index (χ1v) is 9.20. The fourth-order valence-corrected chi connectivity index (χ4v) is 3.70. The number of hydrogen-bond donors (Lipinski definition) is 2. The van der Waals surface area contributed by atoms with E-state index >= 15 is 0 Å². The number of methoxy groups -OCH3 is 2. The van der Waals surface area contributed by atoms with Gasteiger partial charge < -0.3 is 20.2 Å². The summed E-state index contributed by atoms with van der Waals surface area (Å²) < 4.78 is 10.8. The van der Waals surface area contributed by atoms with Crippen LogP contribution >= 0.6 is 11.6 Å². The van der Waals surface area contributed by atoms with Crippen LogP contribution < -0.4 is 15.2 Å². The molecule has 0 fully saturated rings. The number of halogens is 1. The Labute approximate surface area is 159 Å². The van der Waals surface area contributed by atoms with Crippen LogP contribution in [0, 0.1) is 6.92 Å². The van der Waals surface area contributed by atoms with Crippen molar-refractivity contribution in [3.05, 3.63) is 46.5 Å². The fourth-order valence-electron chi connectivity index (χ4n) is 3.43. The maximum absolute atomic E-state index is 6.33. The SMILES string of the molecule is COc1ccc(-c2[nH]c3c(C)cc(Cl)cc3c2CCCCN)cc1OC. The van der Waals surface area contributed by atoms with E-state index in [0.29, 0.717) is 12.3 Å². The van der Waals surface area contributed by atoms with E-state index in [4.69, 9.17) is 26.8 Å². The number of ether oxygens (including phenoxy) is 2. The summed E-state index contributed by atoms with van der Waals surface area (Å²) in [6.07, 6.45) is 2.98. The Balaban J connectivity index is 2.17. The molecule has 0 spiro atoms. The van der Waals surface area contributed by atoms with Crippen molar-refractivity contribution in [2.24, 2.45) is 5.73 Å². The van der Waals surface area contributed by atoms with Crippen molar-refractivity contribution in [3.63, 3.8) is 0 Å². The molecule has 1 aromatic heterocycles. The Bertz CT molecular complexity index is 918. The van der Waals surface area contributed by atoms with E-state index in [0.717, 1.165) is 52.4 Å². The summed E-state index contributed by atoms with van der Waals surface area (Å²) in [4.78, 5) is 3.61. The Morgan fingerprint density at radius 1 is 1.04 bits per heavy atom. The number of aromatic amines is 1. The van der Waals surface area contributed by atoms with Crippen molar-refractivity contribution in [1.29, 1.82) is 0 Å². The molecule has 2 aromatic carbocycles. The van der Waals surface area contributed by atoms with E-state index in [9.17, 15) is 0 Å². The number of benzene rings is 2. The molecule has 26 heavy (non-hydrogen) atoms. The average Bonchev–Trinajstić information content (AvgIpc) is 3.00. The van der Waals surface area contributed by atoms with Gasteiger partial charge in [0.05, 0.1) is 14.2 Å². The molecule has 3 rings (SSSR count). The number of aryl methyl sites for hydroxylation is 2. The molecule has 0 bridgehead atoms. The van der Waals surface area contributed by atoms with E-state index in [1.54, 1.807) is 14.2 Å². The molecule has 5 heteroatoms. The van der Waals surface area contributed by atoms with Crippen molar-refractivity contribution in [1.82, 2.24) is 4.98 Å². The van der Waals surface area contributed by atoms with Crippen LogP contribution in [0.4, 0.5) is 0 Å². The lowest BCUT2D eigenvalue weighted by Crippen LogP contribution is -1.99. The Morgan fingerprint density at radius 3 is 2.50 bits per heavy atom. The van der Waals surface area contributed by atoms with Crippen LogP contribution in [0.25, 0.3) is 22.2 Å². The van der Waals surface area contributed by atoms with E-state index < -0.39 is 0 Å². The molecular formula is C21H25ClN2O2. The van der Waals surface area contributed by atoms with Gasteiger partial charge in [-0.2, -0.15) is 0 Å². The highest BCUT2D eigenvalue weighted by molar-refractivity contribution is 6.31. The molecule has 0 unspecified atom stereocenters. The van der Waals surface area contributed by atoms with Gasteiger partial charge in [-0.15, -0.1) is 0 Å². The molecule has 0 aliphatic heterocycles. The van der Waals surface area contributed by atoms with Crippen LogP contribution in [0.15, 0.2) is 30.3 Å². The first-order chi connectivity index (χ1) is 12.6. The summed E-state index contributed by atoms with van der Waals surface area (Å²) in [6.45, 7) is 2.78. The second kappa shape index (κ2) is 8.02. The van der Waals surface area contributed by atoms with Crippen LogP contribution in [0.5, 0.6) is 11.5 Å². The topological polar surface area (TPSA) is 60.3 Å². The number of aromatic nitrogens is 1. The number of nitrogens with two attached hydrogens (primary N) is 1. The van der Waals surface area contributed by atoms with Crippen LogP contribution in [0.2, 0.25) is 5.02 Å². The van der Waals surface area contributed by atoms with Gasteiger partial charge in [0.15, 0.2) is 11.5 Å². The van der Waals surface area contributed by atoms with Gasteiger partial charge in [-0.25, -0.2) is 0 Å². The highest BCUT2D eigenvalue weighted by Gasteiger charge is 2.16. The van der Waals surface area contributed by atoms with Crippen LogP contribution in [0.1, 0.15) is 24.0 Å². The van der Waals surface area contributed by atoms with E-state index in [1.807, 2.05) is 24.3 Å². The Kier molecular flexibility index (Phi) is 5.74. The number of unbranched alkanes of at least 4 members (excludes halogenated alkanes) is 1. The Morgan fingerprint density at radius 2 is 1.81 bits per heavy atom. The zero-order valence-electron chi connectivity index (χ0n) is 15.5. The van der Waals surface area contributed by atoms with Crippen molar-refractivity contribution in [2.75, 3.05) is 20.8 Å². The zero-order chi connectivity index (χ0) is 18.7. The molecule has 3 aromatic rings. The van der Waals surface area contributed by atoms with Crippen molar-refractivity contribution >= 4 is 22.5 Å². The summed E-state index contributed by atoms with van der Waals surface area (Å²) in [6, 6.07) is 10.0. The third-order valence-electron chi connectivity index (χ3n) is 4.73. The summed E-state index contributed by atoms with van der Waals surface area (Å²) in [5.41, 5.74) is 11.4. The lowest BCUT2D eigenvalue weighted by Gasteiger charge is -2.10. The molecule has 0 radical (unpaired) electrons. The maximum atomic E-state index is 6.33. The van der Waals surface area contributed by atoms with Gasteiger partial charge in [0, 0.05) is 27.2 Å². The van der Waals surface area contributed by atoms with Crippen molar-refractivity contribution < 1.29 is 9.47 Å². The lowest BCUT2D eigenvalue weighted by molar-refractivity contribution is 0.355. The number of hydrogen-bond acceptors (Lipinski definition) is 3. The van der Waals surface area contributed by atoms with E-state index in [-0.39, 0.29) is 0 Å². The highest BCUT2D eigenvalue weighted by atomic mass is 35.5. The van der Waals surface area contributed by atoms with E-state index in [2.05, 4.69) is 18.0 Å². The summed E-state index contributed by atoms with van der Waals surface area (Å²) >= 11 is 6.33. The van der Waals surface area contributed by atoms with Crippen LogP contribution in [0.3, 0.4) is 0 Å². The number of fused-ring (bicyclic) bond motifs is 1. The lowest BCUT2D eigenvalue weighted by atomic mass is 9.99. The quantitative estimate of drug-likeness (QED) is 0.567. The van der Waals surface area contributed by atoms with Gasteiger partial charge >= 0.3 is 0 Å². The molecular weight excluding hydrogens is 348 g/mol. The maximum Gasteiger partial charge on any atom is 0.161 e. The molecule has 138 valence electrons. The van der Waals surface area contributed by atoms with Crippen LogP contribution in [-0.4, -0.2) is 25.7 Å². The molecule has 0 aliphatic rings. The largest absolute Gasteiger partial charge is 0.493 e. The smallest absolute Gasteiger partial charge is 0.161 e. The molecule has 1 heterocycles. The summed E-state index contributed by atoms with van der Waals surface area (Å²) in [5.74, 6) is 1.43. The van der Waals surface area contributed by atoms with Gasteiger partial charge in [-0.1, -0.05) is 11.6 Å². The molecule has 0 amide bonds. The molecule has 0 atom stereocenters. The second-order valence-corrected chi connectivity index (χ2v) is 6.88. The highest BCUT2D eigenvalue weighted by Crippen LogP contribution is 2.38. The van der Waals surface area contributed by atoms with Gasteiger partial charge in [-0.05, 0) is 74.2 Å². The van der Waals surface area contributed by atoms with Gasteiger partial charge in [0.2, 0.25) is 0 Å². The number of H-pyrrole nitrogens is 1. The zero-order valence-corrected chi connectivity index (χ0v) is 16.2. The number of rotatable bonds is 7. The van der Waals surface area contributed by atoms with Gasteiger partial charge in [-0.3, -0.25) is 0 Å². The minimum atomic E-state index is 0.702. The average molecular weight is 373 g/mol. The summed E-state index contributed by atoms with van der Waals surface area (Å²) in [7, 11) is 3.29. The first-order valence-electron chi connectivity index (χ1n) is 8.82.